The molecule has 24 heavy (non-hydrogen) atoms. The summed E-state index contributed by atoms with van der Waals surface area (Å²) in [5.41, 5.74) is 0.0194. The van der Waals surface area contributed by atoms with Gasteiger partial charge in [0.1, 0.15) is 0 Å². The minimum atomic E-state index is -1.02. The van der Waals surface area contributed by atoms with E-state index in [-0.39, 0.29) is 11.7 Å². The molecule has 3 rings (SSSR count). The largest absolute Gasteiger partial charge is 0.476 e. The molecule has 1 saturated heterocycles. The van der Waals surface area contributed by atoms with Crippen molar-refractivity contribution in [1.29, 1.82) is 0 Å². The fraction of sp³-hybridized carbons (Fsp3) is 0.812. The molecular weight excluding hydrogens is 310 g/mol. The Hall–Kier alpha value is -1.51. The van der Waals surface area contributed by atoms with Crippen LogP contribution >= 0.6 is 0 Å². The number of ether oxygens (including phenoxy) is 1. The summed E-state index contributed by atoms with van der Waals surface area (Å²) < 4.78 is 6.90. The van der Waals surface area contributed by atoms with E-state index in [4.69, 9.17) is 9.84 Å². The van der Waals surface area contributed by atoms with Crippen molar-refractivity contribution in [1.82, 2.24) is 25.2 Å². The van der Waals surface area contributed by atoms with Gasteiger partial charge >= 0.3 is 5.97 Å². The first-order valence-corrected chi connectivity index (χ1v) is 8.80. The third-order valence-corrected chi connectivity index (χ3v) is 5.13. The van der Waals surface area contributed by atoms with Crippen LogP contribution in [-0.4, -0.2) is 76.4 Å². The van der Waals surface area contributed by atoms with Gasteiger partial charge in [0.05, 0.1) is 18.8 Å². The average molecular weight is 337 g/mol. The van der Waals surface area contributed by atoms with Crippen LogP contribution in [0.4, 0.5) is 0 Å². The summed E-state index contributed by atoms with van der Waals surface area (Å²) >= 11 is 0. The molecule has 1 aliphatic heterocycles. The van der Waals surface area contributed by atoms with Crippen LogP contribution in [-0.2, 0) is 4.74 Å². The Morgan fingerprint density at radius 1 is 1.42 bits per heavy atom. The average Bonchev–Trinajstić information content (AvgIpc) is 3.23. The molecule has 8 nitrogen and oxygen atoms in total. The third-order valence-electron chi connectivity index (χ3n) is 5.13. The van der Waals surface area contributed by atoms with Crippen LogP contribution in [0.5, 0.6) is 0 Å². The molecule has 8 heteroatoms. The highest BCUT2D eigenvalue weighted by Crippen LogP contribution is 2.29. The van der Waals surface area contributed by atoms with Gasteiger partial charge in [-0.2, -0.15) is 0 Å². The lowest BCUT2D eigenvalue weighted by Crippen LogP contribution is -2.46. The molecule has 0 radical (unpaired) electrons. The highest BCUT2D eigenvalue weighted by atomic mass is 16.5. The second kappa shape index (κ2) is 8.04. The quantitative estimate of drug-likeness (QED) is 0.759. The topological polar surface area (TPSA) is 92.5 Å². The molecule has 0 amide bonds. The molecule has 1 aliphatic carbocycles. The number of carboxylic acid groups (broad SMARTS) is 1. The fourth-order valence-corrected chi connectivity index (χ4v) is 3.85. The lowest BCUT2D eigenvalue weighted by atomic mass is 9.89. The number of hydrogen-bond donors (Lipinski definition) is 2. The molecule has 1 aromatic heterocycles. The summed E-state index contributed by atoms with van der Waals surface area (Å²) in [5, 5.41) is 20.7. The molecular formula is C16H27N5O3. The van der Waals surface area contributed by atoms with Crippen molar-refractivity contribution < 1.29 is 14.6 Å². The zero-order chi connectivity index (χ0) is 16.9. The normalized spacial score (nSPS) is 28.3. The van der Waals surface area contributed by atoms with E-state index in [2.05, 4.69) is 20.5 Å². The number of nitrogens with one attached hydrogen (secondary N) is 1. The van der Waals surface area contributed by atoms with Crippen LogP contribution in [0, 0.1) is 0 Å². The first kappa shape index (κ1) is 17.3. The Bertz CT molecular complexity index is 550. The molecule has 2 N–H and O–H groups in total. The number of rotatable bonds is 7. The van der Waals surface area contributed by atoms with Gasteiger partial charge in [-0.25, -0.2) is 9.48 Å². The molecule has 2 fully saturated rings. The molecule has 2 aliphatic rings. The van der Waals surface area contributed by atoms with E-state index in [0.29, 0.717) is 12.1 Å². The van der Waals surface area contributed by atoms with E-state index in [1.165, 1.54) is 6.42 Å². The molecule has 0 spiro atoms. The minimum Gasteiger partial charge on any atom is -0.476 e. The standard InChI is InChI=1S/C16H27N5O3/c1-24-9-8-20-7-6-12(10-20)17-13-4-2-3-5-15(13)21-11-14(16(22)23)18-19-21/h11-13,15,17H,2-10H2,1H3,(H,22,23)/t12?,13-,15+/m1/s1. The van der Waals surface area contributed by atoms with Gasteiger partial charge in [-0.05, 0) is 25.8 Å². The molecule has 2 heterocycles. The van der Waals surface area contributed by atoms with Crippen molar-refractivity contribution in [3.63, 3.8) is 0 Å². The molecule has 3 atom stereocenters. The molecule has 0 bridgehead atoms. The van der Waals surface area contributed by atoms with E-state index >= 15 is 0 Å². The number of aromatic nitrogens is 3. The fourth-order valence-electron chi connectivity index (χ4n) is 3.85. The number of methoxy groups -OCH3 is 1. The number of aromatic carboxylic acids is 1. The number of hydrogen-bond acceptors (Lipinski definition) is 6. The van der Waals surface area contributed by atoms with Crippen LogP contribution in [0.15, 0.2) is 6.20 Å². The maximum absolute atomic E-state index is 11.0. The summed E-state index contributed by atoms with van der Waals surface area (Å²) in [4.78, 5) is 13.5. The zero-order valence-corrected chi connectivity index (χ0v) is 14.2. The lowest BCUT2D eigenvalue weighted by Gasteiger charge is -2.34. The van der Waals surface area contributed by atoms with Gasteiger partial charge in [-0.15, -0.1) is 5.10 Å². The van der Waals surface area contributed by atoms with Gasteiger partial charge in [0, 0.05) is 32.3 Å². The van der Waals surface area contributed by atoms with Gasteiger partial charge < -0.3 is 15.2 Å². The Balaban J connectivity index is 1.59. The maximum Gasteiger partial charge on any atom is 0.358 e. The molecule has 1 saturated carbocycles. The van der Waals surface area contributed by atoms with E-state index < -0.39 is 5.97 Å². The summed E-state index contributed by atoms with van der Waals surface area (Å²) in [6, 6.07) is 0.997. The molecule has 134 valence electrons. The highest BCUT2D eigenvalue weighted by Gasteiger charge is 2.32. The summed E-state index contributed by atoms with van der Waals surface area (Å²) in [5.74, 6) is -1.02. The van der Waals surface area contributed by atoms with E-state index in [1.54, 1.807) is 18.0 Å². The lowest BCUT2D eigenvalue weighted by molar-refractivity contribution is 0.0690. The number of nitrogens with zero attached hydrogens (tertiary/aromatic N) is 4. The van der Waals surface area contributed by atoms with Gasteiger partial charge in [-0.1, -0.05) is 18.1 Å². The highest BCUT2D eigenvalue weighted by molar-refractivity contribution is 5.84. The van der Waals surface area contributed by atoms with Gasteiger partial charge in [0.15, 0.2) is 5.69 Å². The SMILES string of the molecule is COCCN1CCC(N[C@@H]2CCCC[C@@H]2n2cc(C(=O)O)nn2)C1. The number of carbonyl (C=O) groups is 1. The zero-order valence-electron chi connectivity index (χ0n) is 14.2. The van der Waals surface area contributed by atoms with Crippen molar-refractivity contribution in [3.8, 4) is 0 Å². The van der Waals surface area contributed by atoms with E-state index in [9.17, 15) is 4.79 Å². The first-order chi connectivity index (χ1) is 11.7. The van der Waals surface area contributed by atoms with Crippen LogP contribution in [0.3, 0.4) is 0 Å². The van der Waals surface area contributed by atoms with Crippen LogP contribution in [0.1, 0.15) is 48.6 Å². The van der Waals surface area contributed by atoms with Crippen molar-refractivity contribution in [2.75, 3.05) is 33.4 Å². The first-order valence-electron chi connectivity index (χ1n) is 8.80. The van der Waals surface area contributed by atoms with Crippen LogP contribution < -0.4 is 5.32 Å². The molecule has 1 aromatic rings. The van der Waals surface area contributed by atoms with Crippen molar-refractivity contribution in [2.24, 2.45) is 0 Å². The van der Waals surface area contributed by atoms with Gasteiger partial charge in [-0.3, -0.25) is 4.90 Å². The van der Waals surface area contributed by atoms with Gasteiger partial charge in [0.2, 0.25) is 0 Å². The maximum atomic E-state index is 11.0. The molecule has 0 aromatic carbocycles. The monoisotopic (exact) mass is 337 g/mol. The second-order valence-electron chi connectivity index (χ2n) is 6.79. The van der Waals surface area contributed by atoms with Gasteiger partial charge in [0.25, 0.3) is 0 Å². The van der Waals surface area contributed by atoms with Crippen LogP contribution in [0.2, 0.25) is 0 Å². The third kappa shape index (κ3) is 4.12. The van der Waals surface area contributed by atoms with Crippen molar-refractivity contribution >= 4 is 5.97 Å². The predicted molar refractivity (Wildman–Crippen MR) is 88.1 cm³/mol. The summed E-state index contributed by atoms with van der Waals surface area (Å²) in [6.07, 6.45) is 7.17. The Morgan fingerprint density at radius 2 is 2.25 bits per heavy atom. The van der Waals surface area contributed by atoms with Crippen LogP contribution in [0.25, 0.3) is 0 Å². The smallest absolute Gasteiger partial charge is 0.358 e. The predicted octanol–water partition coefficient (Wildman–Crippen LogP) is 0.770. The summed E-state index contributed by atoms with van der Waals surface area (Å²) in [6.45, 7) is 3.90. The Morgan fingerprint density at radius 3 is 3.00 bits per heavy atom. The van der Waals surface area contributed by atoms with E-state index in [0.717, 1.165) is 51.9 Å². The summed E-state index contributed by atoms with van der Waals surface area (Å²) in [7, 11) is 1.74. The number of carboxylic acids is 1. The number of likely N-dealkylation sites (tertiary alicyclic amines) is 1. The van der Waals surface area contributed by atoms with Crippen molar-refractivity contribution in [2.45, 2.75) is 50.2 Å². The second-order valence-corrected chi connectivity index (χ2v) is 6.79. The van der Waals surface area contributed by atoms with Crippen molar-refractivity contribution in [3.05, 3.63) is 11.9 Å². The Labute approximate surface area is 142 Å². The molecule has 1 unspecified atom stereocenters. The van der Waals surface area contributed by atoms with E-state index in [1.807, 2.05) is 0 Å². The Kier molecular flexibility index (Phi) is 5.80. The minimum absolute atomic E-state index is 0.0194.